The molecule has 2 aromatic rings. The van der Waals surface area contributed by atoms with Gasteiger partial charge in [0, 0.05) is 24.4 Å². The minimum Gasteiger partial charge on any atom is -0.497 e. The smallest absolute Gasteiger partial charge is 0.244 e. The summed E-state index contributed by atoms with van der Waals surface area (Å²) in [6, 6.07) is 4.43. The van der Waals surface area contributed by atoms with Crippen molar-refractivity contribution >= 4 is 10.0 Å². The highest BCUT2D eigenvalue weighted by Crippen LogP contribution is 2.33. The lowest BCUT2D eigenvalue weighted by molar-refractivity contribution is 0.391. The molecule has 0 radical (unpaired) electrons. The fraction of sp³-hybridized carbons (Fsp3) is 0.438. The van der Waals surface area contributed by atoms with Crippen molar-refractivity contribution in [2.45, 2.75) is 30.2 Å². The Morgan fingerprint density at radius 3 is 2.79 bits per heavy atom. The van der Waals surface area contributed by atoms with Crippen molar-refractivity contribution in [1.82, 2.24) is 14.5 Å². The van der Waals surface area contributed by atoms with E-state index in [9.17, 15) is 8.42 Å². The molecule has 24 heavy (non-hydrogen) atoms. The summed E-state index contributed by atoms with van der Waals surface area (Å²) in [4.78, 5) is 0.0698. The number of hydrogen-bond acceptors (Lipinski definition) is 5. The van der Waals surface area contributed by atoms with Crippen LogP contribution in [0.15, 0.2) is 29.3 Å². The molecule has 0 fully saturated rings. The molecule has 8 heteroatoms. The van der Waals surface area contributed by atoms with Gasteiger partial charge in [0.15, 0.2) is 0 Å². The highest BCUT2D eigenvalue weighted by molar-refractivity contribution is 7.89. The van der Waals surface area contributed by atoms with Crippen molar-refractivity contribution in [2.24, 2.45) is 7.05 Å². The van der Waals surface area contributed by atoms with Gasteiger partial charge in [-0.05, 0) is 31.4 Å². The summed E-state index contributed by atoms with van der Waals surface area (Å²) in [6.45, 7) is 0. The molecule has 1 aliphatic rings. The number of aryl methyl sites for hydroxylation is 1. The molecule has 0 bridgehead atoms. The molecule has 3 rings (SSSR count). The van der Waals surface area contributed by atoms with E-state index in [4.69, 9.17) is 9.47 Å². The van der Waals surface area contributed by atoms with E-state index < -0.39 is 10.0 Å². The van der Waals surface area contributed by atoms with Gasteiger partial charge >= 0.3 is 0 Å². The van der Waals surface area contributed by atoms with Crippen LogP contribution < -0.4 is 14.2 Å². The number of aromatic nitrogens is 2. The molecule has 0 saturated carbocycles. The van der Waals surface area contributed by atoms with Gasteiger partial charge in [-0.15, -0.1) is 0 Å². The van der Waals surface area contributed by atoms with Gasteiger partial charge in [-0.25, -0.2) is 13.1 Å². The number of nitrogens with one attached hydrogen (secondary N) is 1. The summed E-state index contributed by atoms with van der Waals surface area (Å²) in [5, 5.41) is 4.25. The minimum absolute atomic E-state index is 0.0698. The molecule has 0 saturated heterocycles. The summed E-state index contributed by atoms with van der Waals surface area (Å²) in [7, 11) is 1.05. The molecule has 1 N–H and O–H groups in total. The van der Waals surface area contributed by atoms with Gasteiger partial charge < -0.3 is 9.47 Å². The molecule has 0 amide bonds. The Balaban J connectivity index is 1.95. The normalized spacial score (nSPS) is 17.4. The van der Waals surface area contributed by atoms with Crippen LogP contribution in [0, 0.1) is 0 Å². The zero-order valence-electron chi connectivity index (χ0n) is 13.9. The van der Waals surface area contributed by atoms with E-state index >= 15 is 0 Å². The molecule has 1 aliphatic carbocycles. The quantitative estimate of drug-likeness (QED) is 0.888. The molecule has 1 aromatic carbocycles. The van der Waals surface area contributed by atoms with Crippen LogP contribution in [0.2, 0.25) is 0 Å². The van der Waals surface area contributed by atoms with Crippen molar-refractivity contribution in [3.05, 3.63) is 35.7 Å². The zero-order chi connectivity index (χ0) is 17.3. The second-order valence-corrected chi connectivity index (χ2v) is 7.44. The number of benzene rings is 1. The fourth-order valence-corrected chi connectivity index (χ4v) is 4.51. The summed E-state index contributed by atoms with van der Waals surface area (Å²) in [6.07, 6.45) is 4.30. The van der Waals surface area contributed by atoms with Gasteiger partial charge in [0.25, 0.3) is 0 Å². The third kappa shape index (κ3) is 2.99. The molecule has 1 heterocycles. The summed E-state index contributed by atoms with van der Waals surface area (Å²) in [5.74, 6) is 0.743. The third-order valence-corrected chi connectivity index (χ3v) is 5.83. The van der Waals surface area contributed by atoms with Gasteiger partial charge in [0.1, 0.15) is 16.4 Å². The number of nitrogens with zero attached hydrogens (tertiary/aromatic N) is 2. The predicted molar refractivity (Wildman–Crippen MR) is 88.8 cm³/mol. The van der Waals surface area contributed by atoms with E-state index in [1.807, 2.05) is 11.7 Å². The molecule has 130 valence electrons. The van der Waals surface area contributed by atoms with E-state index in [-0.39, 0.29) is 16.7 Å². The SMILES string of the molecule is COc1ccc(OC)c(S(=O)(=O)NC2CCCc3c2cnn3C)c1. The van der Waals surface area contributed by atoms with E-state index in [2.05, 4.69) is 9.82 Å². The maximum absolute atomic E-state index is 12.9. The highest BCUT2D eigenvalue weighted by Gasteiger charge is 2.29. The minimum atomic E-state index is -3.76. The van der Waals surface area contributed by atoms with Crippen LogP contribution in [-0.2, 0) is 23.5 Å². The van der Waals surface area contributed by atoms with Gasteiger partial charge in [-0.1, -0.05) is 0 Å². The number of ether oxygens (including phenoxy) is 2. The van der Waals surface area contributed by atoms with Gasteiger partial charge in [-0.2, -0.15) is 5.10 Å². The van der Waals surface area contributed by atoms with Crippen LogP contribution in [-0.4, -0.2) is 32.4 Å². The maximum atomic E-state index is 12.9. The second-order valence-electron chi connectivity index (χ2n) is 5.75. The van der Waals surface area contributed by atoms with E-state index in [0.717, 1.165) is 30.5 Å². The first kappa shape index (κ1) is 16.8. The largest absolute Gasteiger partial charge is 0.497 e. The van der Waals surface area contributed by atoms with Crippen molar-refractivity contribution < 1.29 is 17.9 Å². The number of fused-ring (bicyclic) bond motifs is 1. The van der Waals surface area contributed by atoms with Crippen LogP contribution in [0.1, 0.15) is 30.1 Å². The van der Waals surface area contributed by atoms with Gasteiger partial charge in [0.2, 0.25) is 10.0 Å². The number of hydrogen-bond donors (Lipinski definition) is 1. The summed E-state index contributed by atoms with van der Waals surface area (Å²) < 4.78 is 40.7. The molecular weight excluding hydrogens is 330 g/mol. The molecule has 0 spiro atoms. The Morgan fingerprint density at radius 2 is 2.08 bits per heavy atom. The first-order valence-electron chi connectivity index (χ1n) is 7.71. The average molecular weight is 351 g/mol. The van der Waals surface area contributed by atoms with Crippen LogP contribution >= 0.6 is 0 Å². The topological polar surface area (TPSA) is 82.4 Å². The Labute approximate surface area is 141 Å². The van der Waals surface area contributed by atoms with Crippen molar-refractivity contribution in [2.75, 3.05) is 14.2 Å². The average Bonchev–Trinajstić information content (AvgIpc) is 2.96. The Kier molecular flexibility index (Phi) is 4.51. The van der Waals surface area contributed by atoms with Crippen LogP contribution in [0.25, 0.3) is 0 Å². The van der Waals surface area contributed by atoms with Gasteiger partial charge in [-0.3, -0.25) is 4.68 Å². The second kappa shape index (κ2) is 6.45. The van der Waals surface area contributed by atoms with Crippen LogP contribution in [0.4, 0.5) is 0 Å². The highest BCUT2D eigenvalue weighted by atomic mass is 32.2. The fourth-order valence-electron chi connectivity index (χ4n) is 3.07. The molecule has 1 atom stereocenters. The third-order valence-electron chi connectivity index (χ3n) is 4.33. The first-order valence-corrected chi connectivity index (χ1v) is 9.19. The lowest BCUT2D eigenvalue weighted by atomic mass is 9.94. The first-order chi connectivity index (χ1) is 11.5. The lowest BCUT2D eigenvalue weighted by Crippen LogP contribution is -2.31. The van der Waals surface area contributed by atoms with E-state index in [1.54, 1.807) is 18.3 Å². The molecule has 7 nitrogen and oxygen atoms in total. The molecular formula is C16H21N3O4S. The molecule has 1 unspecified atom stereocenters. The molecule has 0 aliphatic heterocycles. The lowest BCUT2D eigenvalue weighted by Gasteiger charge is -2.24. The van der Waals surface area contributed by atoms with E-state index in [0.29, 0.717) is 5.75 Å². The maximum Gasteiger partial charge on any atom is 0.244 e. The van der Waals surface area contributed by atoms with Crippen molar-refractivity contribution in [1.29, 1.82) is 0 Å². The molecule has 1 aromatic heterocycles. The monoisotopic (exact) mass is 351 g/mol. The van der Waals surface area contributed by atoms with Crippen molar-refractivity contribution in [3.63, 3.8) is 0 Å². The summed E-state index contributed by atoms with van der Waals surface area (Å²) >= 11 is 0. The Bertz CT molecular complexity index is 845. The number of rotatable bonds is 5. The standard InChI is InChI=1S/C16H21N3O4S/c1-19-14-6-4-5-13(12(14)10-17-19)18-24(20,21)16-9-11(22-2)7-8-15(16)23-3/h7-10,13,18H,4-6H2,1-3H3. The Hall–Kier alpha value is -2.06. The summed E-state index contributed by atoms with van der Waals surface area (Å²) in [5.41, 5.74) is 2.01. The van der Waals surface area contributed by atoms with Gasteiger partial charge in [0.05, 0.1) is 26.5 Å². The number of methoxy groups -OCH3 is 2. The zero-order valence-corrected chi connectivity index (χ0v) is 14.8. The van der Waals surface area contributed by atoms with E-state index in [1.165, 1.54) is 20.3 Å². The van der Waals surface area contributed by atoms with Crippen LogP contribution in [0.3, 0.4) is 0 Å². The van der Waals surface area contributed by atoms with Crippen molar-refractivity contribution in [3.8, 4) is 11.5 Å². The van der Waals surface area contributed by atoms with Crippen LogP contribution in [0.5, 0.6) is 11.5 Å². The number of sulfonamides is 1. The Morgan fingerprint density at radius 1 is 1.29 bits per heavy atom. The predicted octanol–water partition coefficient (Wildman–Crippen LogP) is 1.79.